The molecule has 0 unspecified atom stereocenters. The van der Waals surface area contributed by atoms with Crippen molar-refractivity contribution in [1.82, 2.24) is 0 Å². The number of aliphatic hydroxyl groups is 2. The van der Waals surface area contributed by atoms with Gasteiger partial charge in [-0.2, -0.15) is 0 Å². The molecular weight excluding hydrogens is 364 g/mol. The first-order chi connectivity index (χ1) is 13.3. The van der Waals surface area contributed by atoms with Gasteiger partial charge in [-0.3, -0.25) is 0 Å². The summed E-state index contributed by atoms with van der Waals surface area (Å²) < 4.78 is 16.2. The van der Waals surface area contributed by atoms with Crippen molar-refractivity contribution in [2.24, 2.45) is 0 Å². The highest BCUT2D eigenvalue weighted by molar-refractivity contribution is 5.90. The van der Waals surface area contributed by atoms with Crippen LogP contribution in [-0.2, 0) is 14.2 Å². The van der Waals surface area contributed by atoms with E-state index in [0.29, 0.717) is 5.56 Å². The molecule has 28 heavy (non-hydrogen) atoms. The van der Waals surface area contributed by atoms with Crippen molar-refractivity contribution in [3.05, 3.63) is 71.8 Å². The molecule has 3 rings (SSSR count). The van der Waals surface area contributed by atoms with Crippen LogP contribution in [0.4, 0.5) is 0 Å². The summed E-state index contributed by atoms with van der Waals surface area (Å²) in [5, 5.41) is 20.7. The molecule has 0 bridgehead atoms. The lowest BCUT2D eigenvalue weighted by molar-refractivity contribution is -0.173. The van der Waals surface area contributed by atoms with E-state index in [9.17, 15) is 19.8 Å². The second-order valence-electron chi connectivity index (χ2n) is 6.85. The topological polar surface area (TPSA) is 102 Å². The number of benzene rings is 2. The second-order valence-corrected chi connectivity index (χ2v) is 6.85. The summed E-state index contributed by atoms with van der Waals surface area (Å²) in [6, 6.07) is 16.6. The SMILES string of the molecule is C[C@H](OC(=O)c1ccccc1)[C@H]1O[C@H](O)[C@](C)(O)[C@@H]1OC(=O)c1ccccc1. The molecule has 2 aromatic carbocycles. The fraction of sp³-hybridized carbons (Fsp3) is 0.333. The summed E-state index contributed by atoms with van der Waals surface area (Å²) in [6.45, 7) is 2.84. The molecule has 0 saturated carbocycles. The van der Waals surface area contributed by atoms with E-state index >= 15 is 0 Å². The average Bonchev–Trinajstić information content (AvgIpc) is 2.92. The van der Waals surface area contributed by atoms with Crippen LogP contribution in [-0.4, -0.2) is 52.4 Å². The molecule has 1 heterocycles. The summed E-state index contributed by atoms with van der Waals surface area (Å²) >= 11 is 0. The minimum absolute atomic E-state index is 0.285. The van der Waals surface area contributed by atoms with E-state index in [-0.39, 0.29) is 5.56 Å². The molecule has 5 atom stereocenters. The Morgan fingerprint density at radius 1 is 1.00 bits per heavy atom. The summed E-state index contributed by atoms with van der Waals surface area (Å²) in [5.74, 6) is -1.28. The van der Waals surface area contributed by atoms with Crippen LogP contribution in [0.3, 0.4) is 0 Å². The Hall–Kier alpha value is -2.74. The number of hydrogen-bond acceptors (Lipinski definition) is 7. The highest BCUT2D eigenvalue weighted by Gasteiger charge is 2.57. The molecular formula is C21H22O7. The summed E-state index contributed by atoms with van der Waals surface area (Å²) in [5.41, 5.74) is -1.24. The molecule has 0 spiro atoms. The lowest BCUT2D eigenvalue weighted by atomic mass is 9.95. The Labute approximate surface area is 162 Å². The second kappa shape index (κ2) is 8.10. The van der Waals surface area contributed by atoms with Crippen molar-refractivity contribution in [1.29, 1.82) is 0 Å². The van der Waals surface area contributed by atoms with Crippen molar-refractivity contribution in [2.45, 2.75) is 44.1 Å². The van der Waals surface area contributed by atoms with Crippen molar-refractivity contribution >= 4 is 11.9 Å². The van der Waals surface area contributed by atoms with E-state index in [1.54, 1.807) is 67.6 Å². The van der Waals surface area contributed by atoms with Crippen LogP contribution in [0.5, 0.6) is 0 Å². The van der Waals surface area contributed by atoms with Crippen LogP contribution in [0.1, 0.15) is 34.6 Å². The maximum Gasteiger partial charge on any atom is 0.338 e. The molecule has 0 aromatic heterocycles. The number of hydrogen-bond donors (Lipinski definition) is 2. The van der Waals surface area contributed by atoms with Crippen LogP contribution < -0.4 is 0 Å². The zero-order chi connectivity index (χ0) is 20.3. The Kier molecular flexibility index (Phi) is 5.79. The first-order valence-corrected chi connectivity index (χ1v) is 8.88. The maximum atomic E-state index is 12.4. The zero-order valence-corrected chi connectivity index (χ0v) is 15.5. The molecule has 0 amide bonds. The molecule has 7 nitrogen and oxygen atoms in total. The molecule has 1 aliphatic heterocycles. The summed E-state index contributed by atoms with van der Waals surface area (Å²) in [6.07, 6.45) is -4.80. The van der Waals surface area contributed by atoms with Gasteiger partial charge in [-0.25, -0.2) is 9.59 Å². The number of esters is 2. The Balaban J connectivity index is 1.76. The molecule has 0 radical (unpaired) electrons. The van der Waals surface area contributed by atoms with Gasteiger partial charge in [0.2, 0.25) is 0 Å². The highest BCUT2D eigenvalue weighted by Crippen LogP contribution is 2.35. The molecule has 2 N–H and O–H groups in total. The smallest absolute Gasteiger partial charge is 0.338 e. The van der Waals surface area contributed by atoms with Gasteiger partial charge in [0.15, 0.2) is 18.0 Å². The predicted octanol–water partition coefficient (Wildman–Crippen LogP) is 1.93. The monoisotopic (exact) mass is 386 g/mol. The Morgan fingerprint density at radius 3 is 2.04 bits per heavy atom. The van der Waals surface area contributed by atoms with E-state index in [1.165, 1.54) is 6.92 Å². The first-order valence-electron chi connectivity index (χ1n) is 8.88. The molecule has 148 valence electrons. The van der Waals surface area contributed by atoms with E-state index in [2.05, 4.69) is 0 Å². The predicted molar refractivity (Wildman–Crippen MR) is 98.5 cm³/mol. The van der Waals surface area contributed by atoms with Crippen molar-refractivity contribution < 1.29 is 34.0 Å². The first kappa shape index (κ1) is 20.0. The lowest BCUT2D eigenvalue weighted by Gasteiger charge is -2.29. The third kappa shape index (κ3) is 4.06. The standard InChI is InChI=1S/C21H22O7/c1-13(26-18(22)14-9-5-3-6-10-14)16-17(21(2,25)20(24)27-16)28-19(23)15-11-7-4-8-12-15/h3-13,16-17,20,24-25H,1-2H3/t13-,16+,17+,20-,21+/m0/s1. The van der Waals surface area contributed by atoms with E-state index in [1.807, 2.05) is 0 Å². The summed E-state index contributed by atoms with van der Waals surface area (Å²) in [7, 11) is 0. The number of aliphatic hydroxyl groups excluding tert-OH is 1. The van der Waals surface area contributed by atoms with Gasteiger partial charge in [0.25, 0.3) is 0 Å². The fourth-order valence-electron chi connectivity index (χ4n) is 3.01. The number of ether oxygens (including phenoxy) is 3. The quantitative estimate of drug-likeness (QED) is 0.757. The minimum atomic E-state index is -1.87. The molecule has 1 saturated heterocycles. The molecule has 0 aliphatic carbocycles. The minimum Gasteiger partial charge on any atom is -0.456 e. The van der Waals surface area contributed by atoms with E-state index in [0.717, 1.165) is 0 Å². The summed E-state index contributed by atoms with van der Waals surface area (Å²) in [4.78, 5) is 24.7. The third-order valence-corrected chi connectivity index (χ3v) is 4.67. The Morgan fingerprint density at radius 2 is 1.50 bits per heavy atom. The van der Waals surface area contributed by atoms with Crippen molar-refractivity contribution in [3.63, 3.8) is 0 Å². The van der Waals surface area contributed by atoms with Gasteiger partial charge in [0.1, 0.15) is 12.2 Å². The molecule has 1 aliphatic rings. The van der Waals surface area contributed by atoms with Gasteiger partial charge >= 0.3 is 11.9 Å². The van der Waals surface area contributed by atoms with Gasteiger partial charge in [-0.05, 0) is 38.1 Å². The van der Waals surface area contributed by atoms with E-state index < -0.39 is 42.1 Å². The maximum absolute atomic E-state index is 12.4. The third-order valence-electron chi connectivity index (χ3n) is 4.67. The average molecular weight is 386 g/mol. The van der Waals surface area contributed by atoms with Crippen molar-refractivity contribution in [2.75, 3.05) is 0 Å². The zero-order valence-electron chi connectivity index (χ0n) is 15.5. The fourth-order valence-corrected chi connectivity index (χ4v) is 3.01. The van der Waals surface area contributed by atoms with Gasteiger partial charge in [-0.1, -0.05) is 36.4 Å². The van der Waals surface area contributed by atoms with Gasteiger partial charge in [0.05, 0.1) is 11.1 Å². The van der Waals surface area contributed by atoms with Gasteiger partial charge < -0.3 is 24.4 Å². The number of rotatable bonds is 5. The van der Waals surface area contributed by atoms with Crippen LogP contribution >= 0.6 is 0 Å². The molecule has 7 heteroatoms. The van der Waals surface area contributed by atoms with E-state index in [4.69, 9.17) is 14.2 Å². The van der Waals surface area contributed by atoms with Crippen LogP contribution in [0.25, 0.3) is 0 Å². The van der Waals surface area contributed by atoms with Crippen molar-refractivity contribution in [3.8, 4) is 0 Å². The lowest BCUT2D eigenvalue weighted by Crippen LogP contribution is -2.50. The number of carbonyl (C=O) groups excluding carboxylic acids is 2. The van der Waals surface area contributed by atoms with Crippen LogP contribution in [0.2, 0.25) is 0 Å². The van der Waals surface area contributed by atoms with Crippen LogP contribution in [0.15, 0.2) is 60.7 Å². The van der Waals surface area contributed by atoms with Gasteiger partial charge in [0, 0.05) is 0 Å². The molecule has 2 aromatic rings. The Bertz CT molecular complexity index is 819. The molecule has 1 fully saturated rings. The highest BCUT2D eigenvalue weighted by atomic mass is 16.7. The normalized spacial score (nSPS) is 27.8. The van der Waals surface area contributed by atoms with Gasteiger partial charge in [-0.15, -0.1) is 0 Å². The van der Waals surface area contributed by atoms with Crippen LogP contribution in [0, 0.1) is 0 Å². The largest absolute Gasteiger partial charge is 0.456 e. The number of carbonyl (C=O) groups is 2.